The van der Waals surface area contributed by atoms with Gasteiger partial charge < -0.3 is 5.32 Å². The molecule has 2 fully saturated rings. The van der Waals surface area contributed by atoms with Crippen LogP contribution in [0.4, 0.5) is 0 Å². The van der Waals surface area contributed by atoms with Crippen LogP contribution in [0.15, 0.2) is 22.4 Å². The van der Waals surface area contributed by atoms with E-state index in [-0.39, 0.29) is 17.4 Å². The molecule has 0 radical (unpaired) electrons. The Morgan fingerprint density at radius 2 is 2.08 bits per heavy atom. The van der Waals surface area contributed by atoms with Crippen LogP contribution in [0.2, 0.25) is 0 Å². The van der Waals surface area contributed by atoms with Crippen LogP contribution in [-0.2, 0) is 11.3 Å². The van der Waals surface area contributed by atoms with E-state index in [4.69, 9.17) is 0 Å². The Morgan fingerprint density at radius 1 is 1.23 bits per heavy atom. The molecule has 2 aromatic rings. The average Bonchev–Trinajstić information content (AvgIpc) is 3.12. The van der Waals surface area contributed by atoms with E-state index >= 15 is 0 Å². The van der Waals surface area contributed by atoms with Crippen LogP contribution in [0.3, 0.4) is 0 Å². The van der Waals surface area contributed by atoms with Crippen LogP contribution >= 0.6 is 11.3 Å². The molecule has 2 aliphatic rings. The van der Waals surface area contributed by atoms with Crippen molar-refractivity contribution in [2.75, 3.05) is 13.1 Å². The SMILES string of the molecule is O=C(NC1CCCCC1)[C@@H]1CCCN(Cc2cc(=O)n3ccsc3n2)C1. The highest BCUT2D eigenvalue weighted by Crippen LogP contribution is 2.21. The normalized spacial score (nSPS) is 22.5. The third-order valence-electron chi connectivity index (χ3n) is 5.57. The summed E-state index contributed by atoms with van der Waals surface area (Å²) in [5.41, 5.74) is 0.764. The maximum atomic E-state index is 12.7. The topological polar surface area (TPSA) is 66.7 Å². The van der Waals surface area contributed by atoms with Crippen LogP contribution in [-0.4, -0.2) is 39.3 Å². The van der Waals surface area contributed by atoms with Crippen molar-refractivity contribution in [1.82, 2.24) is 19.6 Å². The second-order valence-electron chi connectivity index (χ2n) is 7.56. The fourth-order valence-electron chi connectivity index (χ4n) is 4.18. The number of aromatic nitrogens is 2. The number of fused-ring (bicyclic) bond motifs is 1. The van der Waals surface area contributed by atoms with E-state index in [2.05, 4.69) is 15.2 Å². The Balaban J connectivity index is 1.38. The van der Waals surface area contributed by atoms with E-state index in [1.807, 2.05) is 5.38 Å². The summed E-state index contributed by atoms with van der Waals surface area (Å²) in [5, 5.41) is 5.14. The molecule has 3 heterocycles. The molecule has 2 aromatic heterocycles. The lowest BCUT2D eigenvalue weighted by Crippen LogP contribution is -2.46. The van der Waals surface area contributed by atoms with Crippen LogP contribution in [0.25, 0.3) is 4.96 Å². The molecule has 140 valence electrons. The summed E-state index contributed by atoms with van der Waals surface area (Å²) in [4.78, 5) is 32.4. The molecular weight excluding hydrogens is 348 g/mol. The van der Waals surface area contributed by atoms with Crippen LogP contribution in [0, 0.1) is 5.92 Å². The van der Waals surface area contributed by atoms with Crippen molar-refractivity contribution in [2.24, 2.45) is 5.92 Å². The smallest absolute Gasteiger partial charge is 0.258 e. The zero-order chi connectivity index (χ0) is 17.9. The molecule has 0 bridgehead atoms. The Labute approximate surface area is 157 Å². The Kier molecular flexibility index (Phi) is 5.36. The first-order chi connectivity index (χ1) is 12.7. The summed E-state index contributed by atoms with van der Waals surface area (Å²) in [7, 11) is 0. The minimum absolute atomic E-state index is 0.0325. The molecule has 1 atom stereocenters. The number of carbonyl (C=O) groups excluding carboxylic acids is 1. The van der Waals surface area contributed by atoms with Gasteiger partial charge >= 0.3 is 0 Å². The quantitative estimate of drug-likeness (QED) is 0.892. The fraction of sp³-hybridized carbons (Fsp3) is 0.632. The van der Waals surface area contributed by atoms with Crippen molar-refractivity contribution in [2.45, 2.75) is 57.5 Å². The molecule has 0 unspecified atom stereocenters. The maximum Gasteiger partial charge on any atom is 0.258 e. The van der Waals surface area contributed by atoms with E-state index in [1.54, 1.807) is 16.7 Å². The average molecular weight is 375 g/mol. The van der Waals surface area contributed by atoms with Crippen LogP contribution < -0.4 is 10.9 Å². The first-order valence-corrected chi connectivity index (χ1v) is 10.6. The summed E-state index contributed by atoms with van der Waals surface area (Å²) in [6, 6.07) is 1.99. The monoisotopic (exact) mass is 374 g/mol. The van der Waals surface area contributed by atoms with Crippen molar-refractivity contribution in [3.63, 3.8) is 0 Å². The van der Waals surface area contributed by atoms with Crippen molar-refractivity contribution >= 4 is 22.2 Å². The van der Waals surface area contributed by atoms with Gasteiger partial charge in [0.05, 0.1) is 11.6 Å². The number of hydrogen-bond donors (Lipinski definition) is 1. The first-order valence-electron chi connectivity index (χ1n) is 9.67. The second-order valence-corrected chi connectivity index (χ2v) is 8.43. The number of thiazole rings is 1. The number of carbonyl (C=O) groups is 1. The predicted octanol–water partition coefficient (Wildman–Crippen LogP) is 2.42. The highest BCUT2D eigenvalue weighted by Gasteiger charge is 2.28. The lowest BCUT2D eigenvalue weighted by Gasteiger charge is -2.33. The van der Waals surface area contributed by atoms with Gasteiger partial charge in [-0.2, -0.15) is 0 Å². The van der Waals surface area contributed by atoms with E-state index < -0.39 is 0 Å². The van der Waals surface area contributed by atoms with E-state index in [0.717, 1.165) is 49.4 Å². The van der Waals surface area contributed by atoms with Gasteiger partial charge in [-0.15, -0.1) is 11.3 Å². The molecule has 6 nitrogen and oxygen atoms in total. The van der Waals surface area contributed by atoms with Gasteiger partial charge in [0.25, 0.3) is 5.56 Å². The molecule has 1 amide bonds. The van der Waals surface area contributed by atoms with E-state index in [0.29, 0.717) is 12.6 Å². The minimum Gasteiger partial charge on any atom is -0.353 e. The summed E-state index contributed by atoms with van der Waals surface area (Å²) in [6.45, 7) is 2.35. The molecule has 1 aliphatic heterocycles. The van der Waals surface area contributed by atoms with E-state index in [1.165, 1.54) is 30.6 Å². The summed E-state index contributed by atoms with van der Waals surface area (Å²) >= 11 is 1.47. The van der Waals surface area contributed by atoms with Gasteiger partial charge in [0, 0.05) is 36.8 Å². The largest absolute Gasteiger partial charge is 0.353 e. The molecule has 1 N–H and O–H groups in total. The van der Waals surface area contributed by atoms with Crippen molar-refractivity contribution in [1.29, 1.82) is 0 Å². The predicted molar refractivity (Wildman–Crippen MR) is 102 cm³/mol. The number of nitrogens with one attached hydrogen (secondary N) is 1. The van der Waals surface area contributed by atoms with Gasteiger partial charge in [0.1, 0.15) is 0 Å². The summed E-state index contributed by atoms with van der Waals surface area (Å²) in [5.74, 6) is 0.264. The minimum atomic E-state index is -0.0325. The number of piperidine rings is 1. The number of nitrogens with zero attached hydrogens (tertiary/aromatic N) is 3. The fourth-order valence-corrected chi connectivity index (χ4v) is 4.92. The molecule has 4 rings (SSSR count). The maximum absolute atomic E-state index is 12.7. The van der Waals surface area contributed by atoms with Crippen molar-refractivity contribution < 1.29 is 4.79 Å². The lowest BCUT2D eigenvalue weighted by atomic mass is 9.93. The lowest BCUT2D eigenvalue weighted by molar-refractivity contribution is -0.127. The highest BCUT2D eigenvalue weighted by atomic mass is 32.1. The number of hydrogen-bond acceptors (Lipinski definition) is 5. The summed E-state index contributed by atoms with van der Waals surface area (Å²) < 4.78 is 1.57. The first kappa shape index (κ1) is 17.7. The molecule has 1 saturated carbocycles. The third kappa shape index (κ3) is 3.99. The zero-order valence-corrected chi connectivity index (χ0v) is 15.8. The Hall–Kier alpha value is -1.73. The number of rotatable bonds is 4. The van der Waals surface area contributed by atoms with Gasteiger partial charge in [-0.3, -0.25) is 18.9 Å². The Morgan fingerprint density at radius 3 is 2.92 bits per heavy atom. The van der Waals surface area contributed by atoms with E-state index in [9.17, 15) is 9.59 Å². The van der Waals surface area contributed by atoms with Crippen LogP contribution in [0.5, 0.6) is 0 Å². The standard InChI is InChI=1S/C19H26N4O2S/c24-17-11-16(21-19-23(17)9-10-26-19)13-22-8-4-5-14(12-22)18(25)20-15-6-2-1-3-7-15/h9-11,14-15H,1-8,12-13H2,(H,20,25)/t14-/m1/s1. The van der Waals surface area contributed by atoms with Gasteiger partial charge in [-0.25, -0.2) is 4.98 Å². The van der Waals surface area contributed by atoms with Gasteiger partial charge in [-0.05, 0) is 32.2 Å². The Bertz CT molecular complexity index is 824. The summed E-state index contributed by atoms with van der Waals surface area (Å²) in [6.07, 6.45) is 9.73. The van der Waals surface area contributed by atoms with Crippen molar-refractivity contribution in [3.05, 3.63) is 33.7 Å². The molecule has 7 heteroatoms. The van der Waals surface area contributed by atoms with Crippen LogP contribution in [0.1, 0.15) is 50.6 Å². The third-order valence-corrected chi connectivity index (χ3v) is 6.33. The number of amides is 1. The second kappa shape index (κ2) is 7.88. The molecular formula is C19H26N4O2S. The molecule has 26 heavy (non-hydrogen) atoms. The van der Waals surface area contributed by atoms with Gasteiger partial charge in [0.15, 0.2) is 4.96 Å². The highest BCUT2D eigenvalue weighted by molar-refractivity contribution is 7.15. The molecule has 1 saturated heterocycles. The number of likely N-dealkylation sites (tertiary alicyclic amines) is 1. The van der Waals surface area contributed by atoms with Crippen molar-refractivity contribution in [3.8, 4) is 0 Å². The van der Waals surface area contributed by atoms with Gasteiger partial charge in [0.2, 0.25) is 5.91 Å². The molecule has 0 spiro atoms. The molecule has 1 aliphatic carbocycles. The van der Waals surface area contributed by atoms with Gasteiger partial charge in [-0.1, -0.05) is 19.3 Å². The zero-order valence-electron chi connectivity index (χ0n) is 15.0. The molecule has 0 aromatic carbocycles.